The van der Waals surface area contributed by atoms with E-state index in [0.29, 0.717) is 5.69 Å². The van der Waals surface area contributed by atoms with Gasteiger partial charge in [-0.2, -0.15) is 18.3 Å². The van der Waals surface area contributed by atoms with E-state index in [4.69, 9.17) is 0 Å². The zero-order valence-electron chi connectivity index (χ0n) is 19.2. The number of aromatic nitrogens is 2. The van der Waals surface area contributed by atoms with E-state index in [1.807, 2.05) is 13.8 Å². The number of Topliss-reactive ketones (excluding diaryl/α,β-unsaturated/α-hetero) is 1. The third kappa shape index (κ3) is 4.53. The molecule has 1 aliphatic heterocycles. The van der Waals surface area contributed by atoms with E-state index in [-0.39, 0.29) is 28.4 Å². The first kappa shape index (κ1) is 24.1. The number of alkyl halides is 3. The lowest BCUT2D eigenvalue weighted by atomic mass is 9.91. The number of benzene rings is 2. The Morgan fingerprint density at radius 3 is 2.11 bits per heavy atom. The molecule has 1 aliphatic rings. The van der Waals surface area contributed by atoms with Crippen molar-refractivity contribution < 1.29 is 27.9 Å². The zero-order valence-corrected chi connectivity index (χ0v) is 19.2. The highest BCUT2D eigenvalue weighted by molar-refractivity contribution is 6.20. The lowest BCUT2D eigenvalue weighted by Crippen LogP contribution is -2.32. The van der Waals surface area contributed by atoms with Gasteiger partial charge in [0.05, 0.1) is 22.9 Å². The van der Waals surface area contributed by atoms with Crippen LogP contribution < -0.4 is 4.90 Å². The van der Waals surface area contributed by atoms with Crippen molar-refractivity contribution in [3.8, 4) is 0 Å². The predicted molar refractivity (Wildman–Crippen MR) is 123 cm³/mol. The third-order valence-corrected chi connectivity index (χ3v) is 5.88. The monoisotopic (exact) mass is 481 g/mol. The Labute approximate surface area is 199 Å². The van der Waals surface area contributed by atoms with Crippen molar-refractivity contribution in [3.05, 3.63) is 99.9 Å². The third-order valence-electron chi connectivity index (χ3n) is 5.88. The van der Waals surface area contributed by atoms with Crippen LogP contribution in [0.25, 0.3) is 0 Å². The number of aliphatic hydroxyl groups excluding tert-OH is 1. The molecule has 2 aromatic carbocycles. The van der Waals surface area contributed by atoms with Gasteiger partial charge in [-0.25, -0.2) is 0 Å². The van der Waals surface area contributed by atoms with Crippen molar-refractivity contribution in [3.63, 3.8) is 0 Å². The number of hydrogen-bond acceptors (Lipinski definition) is 5. The first-order chi connectivity index (χ1) is 16.5. The van der Waals surface area contributed by atoms with Crippen molar-refractivity contribution in [1.82, 2.24) is 10.2 Å². The molecule has 1 N–H and O–H groups in total. The maximum absolute atomic E-state index is 13.5. The molecule has 9 heteroatoms. The summed E-state index contributed by atoms with van der Waals surface area (Å²) in [6.07, 6.45) is -4.55. The molecule has 0 spiro atoms. The average Bonchev–Trinajstić information content (AvgIpc) is 3.09. The number of ketones is 1. The Bertz CT molecular complexity index is 1300. The van der Waals surface area contributed by atoms with Crippen LogP contribution >= 0.6 is 0 Å². The molecule has 0 saturated heterocycles. The van der Waals surface area contributed by atoms with E-state index in [2.05, 4.69) is 10.2 Å². The normalized spacial score (nSPS) is 16.4. The molecule has 0 fully saturated rings. The van der Waals surface area contributed by atoms with E-state index < -0.39 is 35.2 Å². The molecule has 0 radical (unpaired) electrons. The Kier molecular flexibility index (Phi) is 6.19. The van der Waals surface area contributed by atoms with Crippen LogP contribution in [0.2, 0.25) is 0 Å². The van der Waals surface area contributed by atoms with Crippen molar-refractivity contribution in [2.75, 3.05) is 4.90 Å². The van der Waals surface area contributed by atoms with Gasteiger partial charge in [0.2, 0.25) is 0 Å². The van der Waals surface area contributed by atoms with Gasteiger partial charge in [0.1, 0.15) is 0 Å². The van der Waals surface area contributed by atoms with Gasteiger partial charge in [-0.05, 0) is 48.2 Å². The number of carbonyl (C=O) groups excluding carboxylic acids is 2. The van der Waals surface area contributed by atoms with Crippen LogP contribution in [-0.4, -0.2) is 27.0 Å². The lowest BCUT2D eigenvalue weighted by molar-refractivity contribution is -0.137. The molecule has 2 heterocycles. The standard InChI is InChI=1S/C26H22F3N3O3/c1-14(2)16-5-7-18(8-6-16)23(33)21-22(17-9-11-19(12-10-17)26(27,28)29)32(25(35)24(21)34)20-13-4-15(3)30-31-20/h4-14,22,34H,1-3H3. The van der Waals surface area contributed by atoms with Crippen LogP contribution in [0.5, 0.6) is 0 Å². The highest BCUT2D eigenvalue weighted by Gasteiger charge is 2.45. The maximum Gasteiger partial charge on any atom is 0.416 e. The molecule has 0 aliphatic carbocycles. The van der Waals surface area contributed by atoms with E-state index in [1.165, 1.54) is 18.2 Å². The van der Waals surface area contributed by atoms with E-state index in [9.17, 15) is 27.9 Å². The van der Waals surface area contributed by atoms with E-state index in [1.54, 1.807) is 37.3 Å². The molecule has 4 rings (SSSR count). The summed E-state index contributed by atoms with van der Waals surface area (Å²) in [7, 11) is 0. The van der Waals surface area contributed by atoms with Crippen LogP contribution in [0, 0.1) is 6.92 Å². The summed E-state index contributed by atoms with van der Waals surface area (Å²) < 4.78 is 39.4. The van der Waals surface area contributed by atoms with Crippen LogP contribution in [0.1, 0.15) is 58.5 Å². The van der Waals surface area contributed by atoms with Crippen LogP contribution in [0.4, 0.5) is 19.0 Å². The van der Waals surface area contributed by atoms with Crippen LogP contribution in [0.15, 0.2) is 72.0 Å². The number of anilines is 1. The SMILES string of the molecule is Cc1ccc(N2C(=O)C(O)=C(C(=O)c3ccc(C(C)C)cc3)C2c2ccc(C(F)(F)F)cc2)nn1. The van der Waals surface area contributed by atoms with E-state index in [0.717, 1.165) is 22.6 Å². The molecule has 1 atom stereocenters. The number of carbonyl (C=O) groups is 2. The summed E-state index contributed by atoms with van der Waals surface area (Å²) >= 11 is 0. The minimum atomic E-state index is -4.55. The topological polar surface area (TPSA) is 83.4 Å². The minimum Gasteiger partial charge on any atom is -0.503 e. The molecular weight excluding hydrogens is 459 g/mol. The Balaban J connectivity index is 1.83. The number of aryl methyl sites for hydroxylation is 1. The Morgan fingerprint density at radius 1 is 0.971 bits per heavy atom. The number of amides is 1. The average molecular weight is 481 g/mol. The molecule has 0 saturated carbocycles. The van der Waals surface area contributed by atoms with Gasteiger partial charge < -0.3 is 5.11 Å². The second-order valence-electron chi connectivity index (χ2n) is 8.60. The van der Waals surface area contributed by atoms with Crippen molar-refractivity contribution in [1.29, 1.82) is 0 Å². The smallest absolute Gasteiger partial charge is 0.416 e. The van der Waals surface area contributed by atoms with Crippen molar-refractivity contribution in [2.24, 2.45) is 0 Å². The summed E-state index contributed by atoms with van der Waals surface area (Å²) in [4.78, 5) is 27.7. The minimum absolute atomic E-state index is 0.0509. The highest BCUT2D eigenvalue weighted by atomic mass is 19.4. The van der Waals surface area contributed by atoms with Gasteiger partial charge in [0.15, 0.2) is 17.4 Å². The van der Waals surface area contributed by atoms with Crippen molar-refractivity contribution >= 4 is 17.5 Å². The van der Waals surface area contributed by atoms with Gasteiger partial charge in [0, 0.05) is 5.56 Å². The predicted octanol–water partition coefficient (Wildman–Crippen LogP) is 5.71. The fraction of sp³-hybridized carbons (Fsp3) is 0.231. The zero-order chi connectivity index (χ0) is 25.5. The molecule has 1 amide bonds. The maximum atomic E-state index is 13.5. The van der Waals surface area contributed by atoms with Gasteiger partial charge >= 0.3 is 6.18 Å². The number of halogens is 3. The van der Waals surface area contributed by atoms with Crippen LogP contribution in [0.3, 0.4) is 0 Å². The first-order valence-corrected chi connectivity index (χ1v) is 10.9. The highest BCUT2D eigenvalue weighted by Crippen LogP contribution is 2.42. The largest absolute Gasteiger partial charge is 0.503 e. The molecule has 6 nitrogen and oxygen atoms in total. The quantitative estimate of drug-likeness (QED) is 0.472. The molecular formula is C26H22F3N3O3. The lowest BCUT2D eigenvalue weighted by Gasteiger charge is -2.26. The van der Waals surface area contributed by atoms with Gasteiger partial charge in [-0.1, -0.05) is 50.2 Å². The van der Waals surface area contributed by atoms with Crippen molar-refractivity contribution in [2.45, 2.75) is 38.9 Å². The Hall–Kier alpha value is -4.01. The first-order valence-electron chi connectivity index (χ1n) is 10.9. The summed E-state index contributed by atoms with van der Waals surface area (Å²) in [6.45, 7) is 5.70. The molecule has 0 bridgehead atoms. The van der Waals surface area contributed by atoms with E-state index >= 15 is 0 Å². The molecule has 35 heavy (non-hydrogen) atoms. The fourth-order valence-electron chi connectivity index (χ4n) is 3.94. The Morgan fingerprint density at radius 2 is 1.60 bits per heavy atom. The summed E-state index contributed by atoms with van der Waals surface area (Å²) in [6, 6.07) is 12.8. The number of nitrogens with zero attached hydrogens (tertiary/aromatic N) is 3. The summed E-state index contributed by atoms with van der Waals surface area (Å²) in [5.41, 5.74) is 0.896. The van der Waals surface area contributed by atoms with Gasteiger partial charge in [-0.15, -0.1) is 5.10 Å². The molecule has 180 valence electrons. The molecule has 1 unspecified atom stereocenters. The second kappa shape index (κ2) is 8.98. The van der Waals surface area contributed by atoms with Gasteiger partial charge in [0.25, 0.3) is 5.91 Å². The summed E-state index contributed by atoms with van der Waals surface area (Å²) in [5.74, 6) is -2.01. The fourth-order valence-corrected chi connectivity index (χ4v) is 3.94. The molecule has 1 aromatic heterocycles. The summed E-state index contributed by atoms with van der Waals surface area (Å²) in [5, 5.41) is 18.7. The molecule has 3 aromatic rings. The number of hydrogen-bond donors (Lipinski definition) is 1. The van der Waals surface area contributed by atoms with Crippen LogP contribution in [-0.2, 0) is 11.0 Å². The number of rotatable bonds is 5. The number of aliphatic hydroxyl groups is 1. The van der Waals surface area contributed by atoms with Gasteiger partial charge in [-0.3, -0.25) is 14.5 Å². The second-order valence-corrected chi connectivity index (χ2v) is 8.60.